The zero-order valence-electron chi connectivity index (χ0n) is 12.6. The first kappa shape index (κ1) is 13.7. The molecule has 3 N–H and O–H groups in total. The van der Waals surface area contributed by atoms with Crippen molar-refractivity contribution in [3.8, 4) is 11.1 Å². The molecule has 0 atom stereocenters. The van der Waals surface area contributed by atoms with Crippen LogP contribution in [-0.4, -0.2) is 24.6 Å². The summed E-state index contributed by atoms with van der Waals surface area (Å²) >= 11 is 0. The summed E-state index contributed by atoms with van der Waals surface area (Å²) in [6.07, 6.45) is 5.16. The number of hydrogen-bond donors (Lipinski definition) is 2. The Morgan fingerprint density at radius 3 is 2.87 bits per heavy atom. The minimum atomic E-state index is -0.0325. The van der Waals surface area contributed by atoms with Gasteiger partial charge in [0.25, 0.3) is 0 Å². The summed E-state index contributed by atoms with van der Waals surface area (Å²) in [6, 6.07) is 7.94. The fourth-order valence-electron chi connectivity index (χ4n) is 2.85. The molecular formula is C17H15N5O. The minimum Gasteiger partial charge on any atom is -0.392 e. The summed E-state index contributed by atoms with van der Waals surface area (Å²) in [5.74, 6) is 0.424. The van der Waals surface area contributed by atoms with Crippen LogP contribution in [0, 0.1) is 0 Å². The van der Waals surface area contributed by atoms with E-state index in [0.29, 0.717) is 5.82 Å². The second-order valence-electron chi connectivity index (χ2n) is 5.52. The molecule has 0 amide bonds. The second kappa shape index (κ2) is 5.03. The Hall–Kier alpha value is -2.99. The van der Waals surface area contributed by atoms with Crippen molar-refractivity contribution in [2.75, 3.05) is 5.73 Å². The van der Waals surface area contributed by atoms with Gasteiger partial charge in [0.15, 0.2) is 5.82 Å². The lowest BCUT2D eigenvalue weighted by Crippen LogP contribution is -1.95. The third-order valence-corrected chi connectivity index (χ3v) is 3.98. The number of fused-ring (bicyclic) bond motifs is 3. The molecule has 3 heterocycles. The molecule has 0 saturated carbocycles. The van der Waals surface area contributed by atoms with Crippen LogP contribution in [0.3, 0.4) is 0 Å². The number of nitrogens with zero attached hydrogens (tertiary/aromatic N) is 4. The van der Waals surface area contributed by atoms with Crippen LogP contribution in [0.25, 0.3) is 33.1 Å². The van der Waals surface area contributed by atoms with Gasteiger partial charge in [-0.2, -0.15) is 0 Å². The van der Waals surface area contributed by atoms with Gasteiger partial charge in [0.05, 0.1) is 24.0 Å². The molecule has 114 valence electrons. The van der Waals surface area contributed by atoms with E-state index in [2.05, 4.69) is 15.0 Å². The average molecular weight is 305 g/mol. The molecule has 0 unspecified atom stereocenters. The number of imidazole rings is 1. The van der Waals surface area contributed by atoms with Crippen molar-refractivity contribution in [2.24, 2.45) is 7.05 Å². The molecule has 4 aromatic rings. The normalized spacial score (nSPS) is 11.4. The molecule has 0 fully saturated rings. The number of aliphatic hydroxyl groups is 1. The molecule has 4 rings (SSSR count). The molecule has 0 aliphatic heterocycles. The summed E-state index contributed by atoms with van der Waals surface area (Å²) in [5.41, 5.74) is 11.2. The zero-order valence-corrected chi connectivity index (χ0v) is 12.6. The summed E-state index contributed by atoms with van der Waals surface area (Å²) in [5, 5.41) is 10.3. The fraction of sp³-hybridized carbons (Fsp3) is 0.118. The number of hydrogen-bond acceptors (Lipinski definition) is 5. The molecule has 6 nitrogen and oxygen atoms in total. The Balaban J connectivity index is 1.97. The number of nitrogen functional groups attached to an aromatic ring is 1. The van der Waals surface area contributed by atoms with Gasteiger partial charge in [0.2, 0.25) is 0 Å². The topological polar surface area (TPSA) is 89.9 Å². The van der Waals surface area contributed by atoms with E-state index in [1.807, 2.05) is 35.9 Å². The van der Waals surface area contributed by atoms with Crippen molar-refractivity contribution < 1.29 is 5.11 Å². The van der Waals surface area contributed by atoms with Crippen LogP contribution in [0.15, 0.2) is 43.0 Å². The van der Waals surface area contributed by atoms with E-state index < -0.39 is 0 Å². The number of aromatic nitrogens is 4. The van der Waals surface area contributed by atoms with Gasteiger partial charge in [-0.3, -0.25) is 4.98 Å². The van der Waals surface area contributed by atoms with Crippen molar-refractivity contribution in [3.63, 3.8) is 0 Å². The first-order valence-electron chi connectivity index (χ1n) is 7.23. The van der Waals surface area contributed by atoms with E-state index in [0.717, 1.165) is 38.6 Å². The van der Waals surface area contributed by atoms with E-state index in [1.54, 1.807) is 18.7 Å². The quantitative estimate of drug-likeness (QED) is 0.593. The van der Waals surface area contributed by atoms with E-state index in [1.165, 1.54) is 0 Å². The number of aryl methyl sites for hydroxylation is 1. The number of anilines is 1. The molecule has 6 heteroatoms. The van der Waals surface area contributed by atoms with E-state index in [4.69, 9.17) is 5.73 Å². The Bertz CT molecular complexity index is 1040. The lowest BCUT2D eigenvalue weighted by Gasteiger charge is -2.07. The highest BCUT2D eigenvalue weighted by molar-refractivity contribution is 6.07. The zero-order chi connectivity index (χ0) is 16.0. The number of nitrogens with two attached hydrogens (primary N) is 1. The molecule has 0 spiro atoms. The first-order chi connectivity index (χ1) is 11.2. The molecule has 0 aliphatic carbocycles. The highest BCUT2D eigenvalue weighted by atomic mass is 16.3. The average Bonchev–Trinajstić information content (AvgIpc) is 2.97. The summed E-state index contributed by atoms with van der Waals surface area (Å²) in [4.78, 5) is 13.0. The van der Waals surface area contributed by atoms with Crippen LogP contribution >= 0.6 is 0 Å². The van der Waals surface area contributed by atoms with Crippen LogP contribution in [0.2, 0.25) is 0 Å². The summed E-state index contributed by atoms with van der Waals surface area (Å²) in [7, 11) is 1.94. The Kier molecular flexibility index (Phi) is 2.99. The highest BCUT2D eigenvalue weighted by Gasteiger charge is 2.11. The standard InChI is InChI=1S/C17H15N5O/c1-22-9-20-15-16(22)13-3-2-11(5-14(13)21-17(15)18)12-4-10(8-23)6-19-7-12/h2-7,9,23H,8H2,1H3,(H2,18,21). The Labute approximate surface area is 132 Å². The van der Waals surface area contributed by atoms with E-state index in [9.17, 15) is 5.11 Å². The smallest absolute Gasteiger partial charge is 0.152 e. The Morgan fingerprint density at radius 1 is 1.17 bits per heavy atom. The minimum absolute atomic E-state index is 0.0325. The van der Waals surface area contributed by atoms with Crippen LogP contribution in [0.1, 0.15) is 5.56 Å². The van der Waals surface area contributed by atoms with Gasteiger partial charge < -0.3 is 15.4 Å². The molecule has 0 radical (unpaired) electrons. The van der Waals surface area contributed by atoms with Gasteiger partial charge in [-0.25, -0.2) is 9.97 Å². The van der Waals surface area contributed by atoms with Crippen LogP contribution in [0.4, 0.5) is 5.82 Å². The number of benzene rings is 1. The molecule has 0 bridgehead atoms. The number of pyridine rings is 2. The van der Waals surface area contributed by atoms with E-state index >= 15 is 0 Å². The first-order valence-corrected chi connectivity index (χ1v) is 7.23. The molecule has 23 heavy (non-hydrogen) atoms. The SMILES string of the molecule is Cn1cnc2c(N)nc3cc(-c4cncc(CO)c4)ccc3c21. The largest absolute Gasteiger partial charge is 0.392 e. The molecule has 3 aromatic heterocycles. The van der Waals surface area contributed by atoms with Crippen molar-refractivity contribution in [1.29, 1.82) is 0 Å². The monoisotopic (exact) mass is 305 g/mol. The fourth-order valence-corrected chi connectivity index (χ4v) is 2.85. The lowest BCUT2D eigenvalue weighted by molar-refractivity contribution is 0.281. The van der Waals surface area contributed by atoms with Gasteiger partial charge >= 0.3 is 0 Å². The highest BCUT2D eigenvalue weighted by Crippen LogP contribution is 2.30. The maximum absolute atomic E-state index is 9.26. The van der Waals surface area contributed by atoms with Crippen molar-refractivity contribution >= 4 is 27.8 Å². The molecule has 0 saturated heterocycles. The van der Waals surface area contributed by atoms with Crippen molar-refractivity contribution in [2.45, 2.75) is 6.61 Å². The maximum Gasteiger partial charge on any atom is 0.152 e. The molecular weight excluding hydrogens is 290 g/mol. The lowest BCUT2D eigenvalue weighted by atomic mass is 10.0. The van der Waals surface area contributed by atoms with Crippen LogP contribution in [-0.2, 0) is 13.7 Å². The van der Waals surface area contributed by atoms with Crippen molar-refractivity contribution in [1.82, 2.24) is 19.5 Å². The third kappa shape index (κ3) is 2.11. The van der Waals surface area contributed by atoms with Crippen molar-refractivity contribution in [3.05, 3.63) is 48.5 Å². The number of rotatable bonds is 2. The Morgan fingerprint density at radius 2 is 2.04 bits per heavy atom. The summed E-state index contributed by atoms with van der Waals surface area (Å²) < 4.78 is 1.95. The predicted molar refractivity (Wildman–Crippen MR) is 89.6 cm³/mol. The molecule has 1 aromatic carbocycles. The van der Waals surface area contributed by atoms with Crippen LogP contribution < -0.4 is 5.73 Å². The predicted octanol–water partition coefficient (Wildman–Crippen LogP) is 2.26. The van der Waals surface area contributed by atoms with Crippen LogP contribution in [0.5, 0.6) is 0 Å². The van der Waals surface area contributed by atoms with E-state index in [-0.39, 0.29) is 6.61 Å². The third-order valence-electron chi connectivity index (χ3n) is 3.98. The van der Waals surface area contributed by atoms with Gasteiger partial charge in [-0.05, 0) is 23.3 Å². The summed E-state index contributed by atoms with van der Waals surface area (Å²) in [6.45, 7) is -0.0325. The van der Waals surface area contributed by atoms with Gasteiger partial charge in [-0.15, -0.1) is 0 Å². The maximum atomic E-state index is 9.26. The molecule has 0 aliphatic rings. The van der Waals surface area contributed by atoms with Gasteiger partial charge in [0.1, 0.15) is 5.52 Å². The number of aliphatic hydroxyl groups excluding tert-OH is 1. The second-order valence-corrected chi connectivity index (χ2v) is 5.52. The van der Waals surface area contributed by atoms with Gasteiger partial charge in [-0.1, -0.05) is 12.1 Å². The van der Waals surface area contributed by atoms with Gasteiger partial charge in [0, 0.05) is 30.4 Å².